The highest BCUT2D eigenvalue weighted by atomic mass is 28.3. The molecule has 44 heavy (non-hydrogen) atoms. The summed E-state index contributed by atoms with van der Waals surface area (Å²) in [4.78, 5) is 0. The number of fused-ring (bicyclic) bond motifs is 2. The van der Waals surface area contributed by atoms with Gasteiger partial charge < -0.3 is 10.2 Å². The van der Waals surface area contributed by atoms with Crippen molar-refractivity contribution in [2.75, 3.05) is 0 Å². The summed E-state index contributed by atoms with van der Waals surface area (Å²) in [5.41, 5.74) is 3.55. The molecule has 0 aromatic heterocycles. The van der Waals surface area contributed by atoms with E-state index >= 15 is 0 Å². The van der Waals surface area contributed by atoms with Gasteiger partial charge in [-0.2, -0.15) is 0 Å². The summed E-state index contributed by atoms with van der Waals surface area (Å²) in [6.07, 6.45) is 4.64. The Morgan fingerprint density at radius 1 is 0.523 bits per heavy atom. The first-order valence-electron chi connectivity index (χ1n) is 17.4. The summed E-state index contributed by atoms with van der Waals surface area (Å²) in [6.45, 7) is 23.6. The molecule has 4 aromatic rings. The topological polar surface area (TPSA) is 40.5 Å². The lowest BCUT2D eigenvalue weighted by Crippen LogP contribution is -2.53. The average molecular weight is 627 g/mol. The molecule has 2 nitrogen and oxygen atoms in total. The Balaban J connectivity index is 2.25. The molecule has 4 aromatic carbocycles. The minimum Gasteiger partial charge on any atom is -0.507 e. The summed E-state index contributed by atoms with van der Waals surface area (Å²) in [7, 11) is -4.37. The smallest absolute Gasteiger partial charge is 0.123 e. The fraction of sp³-hybridized carbons (Fsp3) is 0.500. The summed E-state index contributed by atoms with van der Waals surface area (Å²) >= 11 is 0. The van der Waals surface area contributed by atoms with Crippen molar-refractivity contribution in [2.24, 2.45) is 0 Å². The molecule has 238 valence electrons. The lowest BCUT2D eigenvalue weighted by Gasteiger charge is -2.42. The SMILES string of the molecule is CCCC[Si](c1cc2ccccc2c(-c2c(O)c([Si](CCCC)(C(C)C)C(C)C)cc3ccccc23)c1O)(C(C)C)C(C)C. The van der Waals surface area contributed by atoms with Crippen LogP contribution in [-0.4, -0.2) is 26.4 Å². The van der Waals surface area contributed by atoms with Gasteiger partial charge in [0.1, 0.15) is 11.5 Å². The van der Waals surface area contributed by atoms with E-state index in [4.69, 9.17) is 0 Å². The molecule has 0 aliphatic rings. The number of rotatable bonds is 13. The molecule has 0 amide bonds. The minimum atomic E-state index is -2.18. The van der Waals surface area contributed by atoms with Crippen LogP contribution in [0.2, 0.25) is 34.3 Å². The van der Waals surface area contributed by atoms with Gasteiger partial charge in [0.05, 0.1) is 16.1 Å². The van der Waals surface area contributed by atoms with Crippen LogP contribution < -0.4 is 10.4 Å². The minimum absolute atomic E-state index is 0.404. The zero-order valence-electron chi connectivity index (χ0n) is 29.2. The normalized spacial score (nSPS) is 13.0. The van der Waals surface area contributed by atoms with Crippen molar-refractivity contribution < 1.29 is 10.2 Å². The maximum atomic E-state index is 12.7. The second-order valence-electron chi connectivity index (χ2n) is 14.6. The third kappa shape index (κ3) is 5.66. The second-order valence-corrected chi connectivity index (χ2v) is 25.5. The monoisotopic (exact) mass is 626 g/mol. The molecule has 0 saturated carbocycles. The van der Waals surface area contributed by atoms with Crippen LogP contribution in [0.4, 0.5) is 0 Å². The van der Waals surface area contributed by atoms with E-state index in [0.29, 0.717) is 33.7 Å². The van der Waals surface area contributed by atoms with Crippen molar-refractivity contribution in [2.45, 2.75) is 129 Å². The van der Waals surface area contributed by atoms with E-state index < -0.39 is 16.1 Å². The molecule has 0 aliphatic carbocycles. The molecular formula is C40H58O2Si2. The zero-order chi connectivity index (χ0) is 32.4. The fourth-order valence-electron chi connectivity index (χ4n) is 8.83. The van der Waals surface area contributed by atoms with Crippen LogP contribution in [0.25, 0.3) is 32.7 Å². The molecule has 4 rings (SSSR count). The van der Waals surface area contributed by atoms with Crippen LogP contribution in [0, 0.1) is 0 Å². The molecular weight excluding hydrogens is 569 g/mol. The van der Waals surface area contributed by atoms with Gasteiger partial charge >= 0.3 is 0 Å². The number of aromatic hydroxyl groups is 2. The number of phenolic OH excluding ortho intramolecular Hbond substituents is 2. The van der Waals surface area contributed by atoms with Crippen molar-refractivity contribution in [3.05, 3.63) is 60.7 Å². The fourth-order valence-corrected chi connectivity index (χ4v) is 20.7. The van der Waals surface area contributed by atoms with Crippen molar-refractivity contribution in [3.8, 4) is 22.6 Å². The molecule has 0 atom stereocenters. The van der Waals surface area contributed by atoms with E-state index in [1.165, 1.54) is 23.2 Å². The molecule has 4 heteroatoms. The summed E-state index contributed by atoms with van der Waals surface area (Å²) in [5.74, 6) is 0.808. The standard InChI is InChI=1S/C40H58O2Si2/c1-11-13-23-43(27(3)4,28(5)6)35-25-31-19-15-17-21-33(31)37(39(35)41)38-34-22-18-16-20-32(34)26-36(40(38)42)44(29(7)8,30(9)10)24-14-12-2/h15-22,25-30,41-42H,11-14,23-24H2,1-10H3. The van der Waals surface area contributed by atoms with Gasteiger partial charge in [-0.15, -0.1) is 0 Å². The number of hydrogen-bond donors (Lipinski definition) is 2. The number of hydrogen-bond acceptors (Lipinski definition) is 2. The van der Waals surface area contributed by atoms with Crippen LogP contribution in [0.1, 0.15) is 94.9 Å². The zero-order valence-corrected chi connectivity index (χ0v) is 31.2. The number of phenols is 2. The van der Waals surface area contributed by atoms with Crippen LogP contribution in [0.3, 0.4) is 0 Å². The molecule has 0 saturated heterocycles. The number of benzene rings is 4. The maximum absolute atomic E-state index is 12.7. The van der Waals surface area contributed by atoms with E-state index in [9.17, 15) is 10.2 Å². The molecule has 0 fully saturated rings. The van der Waals surface area contributed by atoms with Crippen molar-refractivity contribution in [1.82, 2.24) is 0 Å². The molecule has 0 aliphatic heterocycles. The van der Waals surface area contributed by atoms with Gasteiger partial charge in [-0.1, -0.05) is 168 Å². The van der Waals surface area contributed by atoms with Crippen LogP contribution in [0.5, 0.6) is 11.5 Å². The van der Waals surface area contributed by atoms with E-state index in [-0.39, 0.29) is 0 Å². The summed E-state index contributed by atoms with van der Waals surface area (Å²) < 4.78 is 0. The van der Waals surface area contributed by atoms with Crippen molar-refractivity contribution >= 4 is 48.1 Å². The van der Waals surface area contributed by atoms with Crippen LogP contribution >= 0.6 is 0 Å². The third-order valence-electron chi connectivity index (χ3n) is 11.3. The van der Waals surface area contributed by atoms with Crippen molar-refractivity contribution in [1.29, 1.82) is 0 Å². The largest absolute Gasteiger partial charge is 0.507 e. The second kappa shape index (κ2) is 13.8. The lowest BCUT2D eigenvalue weighted by molar-refractivity contribution is 0.473. The van der Waals surface area contributed by atoms with Gasteiger partial charge in [0.25, 0.3) is 0 Å². The molecule has 0 heterocycles. The Morgan fingerprint density at radius 3 is 1.14 bits per heavy atom. The molecule has 2 N–H and O–H groups in total. The van der Waals surface area contributed by atoms with Crippen LogP contribution in [-0.2, 0) is 0 Å². The Kier molecular flexibility index (Phi) is 10.8. The van der Waals surface area contributed by atoms with Crippen LogP contribution in [0.15, 0.2) is 60.7 Å². The third-order valence-corrected chi connectivity index (χ3v) is 24.7. The average Bonchev–Trinajstić information content (AvgIpc) is 2.98. The molecule has 0 radical (unpaired) electrons. The van der Waals surface area contributed by atoms with E-state index in [1.807, 2.05) is 0 Å². The predicted molar refractivity (Wildman–Crippen MR) is 201 cm³/mol. The summed E-state index contributed by atoms with van der Waals surface area (Å²) in [5, 5.41) is 32.2. The van der Waals surface area contributed by atoms with Gasteiger partial charge in [-0.05, 0) is 54.1 Å². The van der Waals surface area contributed by atoms with Gasteiger partial charge in [0.2, 0.25) is 0 Å². The Morgan fingerprint density at radius 2 is 0.841 bits per heavy atom. The molecule has 0 spiro atoms. The van der Waals surface area contributed by atoms with Gasteiger partial charge in [0, 0.05) is 11.1 Å². The Bertz CT molecular complexity index is 1450. The maximum Gasteiger partial charge on any atom is 0.123 e. The first-order valence-corrected chi connectivity index (χ1v) is 22.1. The van der Waals surface area contributed by atoms with E-state index in [0.717, 1.165) is 57.6 Å². The summed E-state index contributed by atoms with van der Waals surface area (Å²) in [6, 6.07) is 24.0. The Labute approximate surface area is 270 Å². The highest BCUT2D eigenvalue weighted by Gasteiger charge is 2.46. The van der Waals surface area contributed by atoms with Gasteiger partial charge in [0.15, 0.2) is 0 Å². The number of unbranched alkanes of at least 4 members (excludes halogenated alkanes) is 2. The van der Waals surface area contributed by atoms with E-state index in [1.54, 1.807) is 0 Å². The predicted octanol–water partition coefficient (Wildman–Crippen LogP) is 11.6. The highest BCUT2D eigenvalue weighted by molar-refractivity contribution is 6.95. The highest BCUT2D eigenvalue weighted by Crippen LogP contribution is 2.49. The first kappa shape index (κ1) is 34.3. The first-order chi connectivity index (χ1) is 20.9. The molecule has 0 unspecified atom stereocenters. The van der Waals surface area contributed by atoms with Gasteiger partial charge in [-0.25, -0.2) is 0 Å². The quantitative estimate of drug-likeness (QED) is 0.145. The lowest BCUT2D eigenvalue weighted by atomic mass is 9.92. The van der Waals surface area contributed by atoms with Gasteiger partial charge in [-0.3, -0.25) is 0 Å². The van der Waals surface area contributed by atoms with Crippen molar-refractivity contribution in [3.63, 3.8) is 0 Å². The Hall–Kier alpha value is -2.57. The molecule has 0 bridgehead atoms. The van der Waals surface area contributed by atoms with E-state index in [2.05, 4.69) is 130 Å².